The molecule has 0 fully saturated rings. The minimum atomic E-state index is -4.76. The Hall–Kier alpha value is -2.18. The Morgan fingerprint density at radius 3 is 2.48 bits per heavy atom. The third-order valence-electron chi connectivity index (χ3n) is 3.83. The number of nitrogens with zero attached hydrogens (tertiary/aromatic N) is 2. The summed E-state index contributed by atoms with van der Waals surface area (Å²) in [6.07, 6.45) is -3.69. The highest BCUT2D eigenvalue weighted by Crippen LogP contribution is 2.43. The van der Waals surface area contributed by atoms with Gasteiger partial charge >= 0.3 is 12.1 Å². The second kappa shape index (κ2) is 7.58. The summed E-state index contributed by atoms with van der Waals surface area (Å²) in [7, 11) is -3.43. The van der Waals surface area contributed by atoms with Crippen molar-refractivity contribution < 1.29 is 31.5 Å². The van der Waals surface area contributed by atoms with Gasteiger partial charge in [0.05, 0.1) is 19.9 Å². The fraction of sp³-hybridized carbons (Fsp3) is 0.176. The predicted molar refractivity (Wildman–Crippen MR) is 104 cm³/mol. The van der Waals surface area contributed by atoms with E-state index in [0.717, 1.165) is 22.3 Å². The van der Waals surface area contributed by atoms with Crippen LogP contribution in [0.2, 0.25) is 0 Å². The molecule has 2 aromatic heterocycles. The molecular weight excluding hydrogens is 497 g/mol. The van der Waals surface area contributed by atoms with E-state index in [-0.39, 0.29) is 15.1 Å². The molecule has 154 valence electrons. The van der Waals surface area contributed by atoms with E-state index in [1.807, 2.05) is 0 Å². The maximum absolute atomic E-state index is 13.2. The van der Waals surface area contributed by atoms with Crippen molar-refractivity contribution in [2.75, 3.05) is 6.26 Å². The third kappa shape index (κ3) is 4.54. The average Bonchev–Trinajstić information content (AvgIpc) is 3.18. The molecule has 0 aliphatic heterocycles. The first-order valence-corrected chi connectivity index (χ1v) is 11.3. The van der Waals surface area contributed by atoms with Gasteiger partial charge in [0.2, 0.25) is 0 Å². The number of hydrogen-bond acceptors (Lipinski definition) is 5. The molecule has 29 heavy (non-hydrogen) atoms. The van der Waals surface area contributed by atoms with Crippen LogP contribution < -0.4 is 0 Å². The summed E-state index contributed by atoms with van der Waals surface area (Å²) in [5.41, 5.74) is -0.668. The number of carboxylic acids is 1. The highest BCUT2D eigenvalue weighted by molar-refractivity contribution is 9.10. The molecule has 0 radical (unpaired) electrons. The number of aliphatic carboxylic acids is 1. The summed E-state index contributed by atoms with van der Waals surface area (Å²) in [4.78, 5) is 12.1. The number of carbonyl (C=O) groups is 1. The normalized spacial score (nSPS) is 12.3. The van der Waals surface area contributed by atoms with Crippen molar-refractivity contribution in [2.45, 2.75) is 17.6 Å². The molecule has 3 rings (SSSR count). The number of sulfone groups is 1. The number of alkyl halides is 3. The van der Waals surface area contributed by atoms with Crippen LogP contribution in [0.1, 0.15) is 5.69 Å². The number of halogens is 4. The van der Waals surface area contributed by atoms with E-state index in [1.165, 1.54) is 18.2 Å². The van der Waals surface area contributed by atoms with Crippen molar-refractivity contribution in [1.29, 1.82) is 0 Å². The van der Waals surface area contributed by atoms with Crippen molar-refractivity contribution in [1.82, 2.24) is 9.78 Å². The summed E-state index contributed by atoms with van der Waals surface area (Å²) >= 11 is 3.99. The second-order valence-corrected chi connectivity index (χ2v) is 9.92. The average molecular weight is 509 g/mol. The zero-order chi connectivity index (χ0) is 21.6. The lowest BCUT2D eigenvalue weighted by Crippen LogP contribution is -2.13. The molecular formula is C17H12BrF3N2O4S2. The maximum atomic E-state index is 13.2. The Morgan fingerprint density at radius 1 is 1.24 bits per heavy atom. The molecule has 0 bridgehead atoms. The molecule has 0 aliphatic rings. The zero-order valence-electron chi connectivity index (χ0n) is 14.6. The van der Waals surface area contributed by atoms with Crippen molar-refractivity contribution in [3.63, 3.8) is 0 Å². The van der Waals surface area contributed by atoms with E-state index in [1.54, 1.807) is 18.2 Å². The van der Waals surface area contributed by atoms with Gasteiger partial charge in [0.15, 0.2) is 15.5 Å². The molecule has 12 heteroatoms. The summed E-state index contributed by atoms with van der Waals surface area (Å²) < 4.78 is 63.6. The molecule has 3 aromatic rings. The van der Waals surface area contributed by atoms with Crippen LogP contribution in [0.15, 0.2) is 45.8 Å². The fourth-order valence-electron chi connectivity index (χ4n) is 2.60. The van der Waals surface area contributed by atoms with E-state index >= 15 is 0 Å². The van der Waals surface area contributed by atoms with Gasteiger partial charge < -0.3 is 5.11 Å². The minimum absolute atomic E-state index is 0.0183. The van der Waals surface area contributed by atoms with Gasteiger partial charge in [0, 0.05) is 11.1 Å². The first-order valence-electron chi connectivity index (χ1n) is 7.84. The summed E-state index contributed by atoms with van der Waals surface area (Å²) in [6.45, 7) is -0.749. The highest BCUT2D eigenvalue weighted by atomic mass is 79.9. The minimum Gasteiger partial charge on any atom is -0.480 e. The van der Waals surface area contributed by atoms with Gasteiger partial charge in [-0.15, -0.1) is 11.3 Å². The van der Waals surface area contributed by atoms with Gasteiger partial charge in [-0.3, -0.25) is 9.48 Å². The van der Waals surface area contributed by atoms with Crippen LogP contribution >= 0.6 is 27.3 Å². The zero-order valence-corrected chi connectivity index (χ0v) is 17.8. The van der Waals surface area contributed by atoms with Crippen LogP contribution in [0.3, 0.4) is 0 Å². The number of benzene rings is 1. The van der Waals surface area contributed by atoms with Gasteiger partial charge in [-0.2, -0.15) is 18.3 Å². The molecule has 0 spiro atoms. The van der Waals surface area contributed by atoms with Crippen LogP contribution in [-0.2, 0) is 27.4 Å². The first kappa shape index (κ1) is 21.5. The lowest BCUT2D eigenvalue weighted by Gasteiger charge is -2.04. The first-order chi connectivity index (χ1) is 13.4. The molecule has 0 unspecified atom stereocenters. The molecule has 1 N–H and O–H groups in total. The Balaban J connectivity index is 2.11. The van der Waals surface area contributed by atoms with E-state index in [4.69, 9.17) is 5.11 Å². The molecule has 0 aliphatic carbocycles. The quantitative estimate of drug-likeness (QED) is 0.546. The number of aromatic nitrogens is 2. The summed E-state index contributed by atoms with van der Waals surface area (Å²) in [6, 6.07) is 9.32. The standard InChI is InChI=1S/C17H12BrF3N2O4S2/c1-29(26,27)10-4-2-3-9(7-10)11-5-6-12(28-11)15-14(18)16(17(19,20)21)22-23(15)8-13(24)25/h2-7H,8H2,1H3,(H,24,25). The Kier molecular flexibility index (Phi) is 5.62. The Morgan fingerprint density at radius 2 is 1.90 bits per heavy atom. The van der Waals surface area contributed by atoms with Crippen molar-refractivity contribution in [2.24, 2.45) is 0 Å². The van der Waals surface area contributed by atoms with Crippen LogP contribution in [0.25, 0.3) is 21.0 Å². The molecule has 1 aromatic carbocycles. The molecule has 0 amide bonds. The number of hydrogen-bond donors (Lipinski definition) is 1. The SMILES string of the molecule is CS(=O)(=O)c1cccc(-c2ccc(-c3c(Br)c(C(F)(F)F)nn3CC(=O)O)s2)c1. The largest absolute Gasteiger partial charge is 0.480 e. The molecule has 0 saturated heterocycles. The Bertz CT molecular complexity index is 1200. The smallest absolute Gasteiger partial charge is 0.436 e. The Labute approximate surface area is 175 Å². The fourth-order valence-corrected chi connectivity index (χ4v) is 5.18. The molecule has 0 atom stereocenters. The van der Waals surface area contributed by atoms with Crippen LogP contribution in [0, 0.1) is 0 Å². The molecule has 0 saturated carbocycles. The number of rotatable bonds is 5. The van der Waals surface area contributed by atoms with Crippen LogP contribution in [0.4, 0.5) is 13.2 Å². The van der Waals surface area contributed by atoms with Crippen molar-refractivity contribution in [3.05, 3.63) is 46.6 Å². The number of carboxylic acid groups (broad SMARTS) is 1. The van der Waals surface area contributed by atoms with Gasteiger partial charge in [-0.1, -0.05) is 12.1 Å². The van der Waals surface area contributed by atoms with E-state index in [9.17, 15) is 26.4 Å². The predicted octanol–water partition coefficient (Wildman–Crippen LogP) is 4.55. The monoisotopic (exact) mass is 508 g/mol. The third-order valence-corrected chi connectivity index (χ3v) is 6.84. The van der Waals surface area contributed by atoms with E-state index < -0.39 is 34.2 Å². The lowest BCUT2D eigenvalue weighted by atomic mass is 10.2. The van der Waals surface area contributed by atoms with Crippen LogP contribution in [0.5, 0.6) is 0 Å². The summed E-state index contributed by atoms with van der Waals surface area (Å²) in [5.74, 6) is -1.34. The topological polar surface area (TPSA) is 89.3 Å². The lowest BCUT2D eigenvalue weighted by molar-refractivity contribution is -0.143. The van der Waals surface area contributed by atoms with Gasteiger partial charge in [-0.05, 0) is 45.8 Å². The van der Waals surface area contributed by atoms with Gasteiger partial charge in [0.1, 0.15) is 6.54 Å². The second-order valence-electron chi connectivity index (χ2n) is 6.02. The van der Waals surface area contributed by atoms with Gasteiger partial charge in [-0.25, -0.2) is 8.42 Å². The molecule has 6 nitrogen and oxygen atoms in total. The van der Waals surface area contributed by atoms with E-state index in [2.05, 4.69) is 21.0 Å². The van der Waals surface area contributed by atoms with Gasteiger partial charge in [0.25, 0.3) is 0 Å². The van der Waals surface area contributed by atoms with Crippen molar-refractivity contribution in [3.8, 4) is 21.0 Å². The summed E-state index contributed by atoms with van der Waals surface area (Å²) in [5, 5.41) is 12.4. The highest BCUT2D eigenvalue weighted by Gasteiger charge is 2.39. The molecule has 2 heterocycles. The number of thiophene rings is 1. The van der Waals surface area contributed by atoms with E-state index in [0.29, 0.717) is 15.3 Å². The van der Waals surface area contributed by atoms with Crippen LogP contribution in [-0.4, -0.2) is 35.5 Å². The van der Waals surface area contributed by atoms with Crippen molar-refractivity contribution >= 4 is 43.1 Å². The maximum Gasteiger partial charge on any atom is 0.436 e.